The summed E-state index contributed by atoms with van der Waals surface area (Å²) in [6.07, 6.45) is 3.72. The summed E-state index contributed by atoms with van der Waals surface area (Å²) in [5.74, 6) is 0.899. The Morgan fingerprint density at radius 1 is 0.191 bits per heavy atom. The third kappa shape index (κ3) is 15.8. The second-order valence-electron chi connectivity index (χ2n) is 42.5. The molecule has 0 N–H and O–H groups in total. The predicted molar refractivity (Wildman–Crippen MR) is 577 cm³/mol. The Morgan fingerprint density at radius 2 is 0.544 bits per heavy atom. The second kappa shape index (κ2) is 33.3. The van der Waals surface area contributed by atoms with Gasteiger partial charge in [0.05, 0.1) is 82.8 Å². The molecule has 0 saturated heterocycles. The number of imidazole rings is 4. The molecule has 0 radical (unpaired) electrons. The van der Waals surface area contributed by atoms with Crippen LogP contribution in [-0.2, 0) is 32.5 Å². The third-order valence-corrected chi connectivity index (χ3v) is 26.8. The monoisotopic (exact) mass is 1770 g/mol. The number of aromatic nitrogens is 12. The molecule has 136 heavy (non-hydrogen) atoms. The van der Waals surface area contributed by atoms with Crippen LogP contribution in [0.4, 0.5) is 0 Å². The van der Waals surface area contributed by atoms with Gasteiger partial charge < -0.3 is 0 Å². The molecule has 0 amide bonds. The SMILES string of the molecule is CC(C)(C)c1ccc2c(c1)c1c3ccccc3ccc1c1nc3ccccc3n21.CC(C)(C)c1ccc2c(c1)c1ccccc1n1c3ccccc3nc21.CC(C)(C)c1ccc2c3ccccc3n3c4ccccc4nc3c2c1.CC(C)(C)c1ccc2ccc3cccnc3c2n1.CC(C)(C)c1ccc2nc3c4ccccc4c4ccccc4n3c2c1.CC(C)(C)c1ncc2ccccc2n1. The van der Waals surface area contributed by atoms with Crippen LogP contribution in [0.1, 0.15) is 158 Å². The van der Waals surface area contributed by atoms with Gasteiger partial charge in [0.1, 0.15) is 28.4 Å². The van der Waals surface area contributed by atoms with Crippen LogP contribution < -0.4 is 0 Å². The maximum atomic E-state index is 5.03. The van der Waals surface area contributed by atoms with Crippen molar-refractivity contribution in [1.29, 1.82) is 0 Å². The summed E-state index contributed by atoms with van der Waals surface area (Å²) >= 11 is 0. The fourth-order valence-corrected chi connectivity index (χ4v) is 19.4. The van der Waals surface area contributed by atoms with E-state index in [4.69, 9.17) is 24.9 Å². The van der Waals surface area contributed by atoms with E-state index in [9.17, 15) is 0 Å². The lowest BCUT2D eigenvalue weighted by Crippen LogP contribution is -2.15. The fourth-order valence-electron chi connectivity index (χ4n) is 19.4. The minimum absolute atomic E-state index is 0.0179. The Labute approximate surface area is 792 Å². The van der Waals surface area contributed by atoms with Crippen molar-refractivity contribution in [2.75, 3.05) is 0 Å². The highest BCUT2D eigenvalue weighted by Gasteiger charge is 2.26. The van der Waals surface area contributed by atoms with Gasteiger partial charge in [-0.3, -0.25) is 22.6 Å². The highest BCUT2D eigenvalue weighted by atomic mass is 15.0. The van der Waals surface area contributed by atoms with Crippen LogP contribution in [0, 0.1) is 0 Å². The first-order valence-electron chi connectivity index (χ1n) is 47.5. The summed E-state index contributed by atoms with van der Waals surface area (Å²) in [6, 6.07) is 121. The second-order valence-corrected chi connectivity index (χ2v) is 42.5. The normalized spacial score (nSPS) is 12.5. The summed E-state index contributed by atoms with van der Waals surface area (Å²) in [5, 5.41) is 21.0. The predicted octanol–water partition coefficient (Wildman–Crippen LogP) is 32.5. The van der Waals surface area contributed by atoms with E-state index in [-0.39, 0.29) is 32.5 Å². The van der Waals surface area contributed by atoms with E-state index in [0.29, 0.717) is 0 Å². The number of hydrogen-bond donors (Lipinski definition) is 0. The van der Waals surface area contributed by atoms with Crippen LogP contribution in [-0.4, -0.2) is 57.5 Å². The van der Waals surface area contributed by atoms with Crippen LogP contribution in [0.5, 0.6) is 0 Å². The van der Waals surface area contributed by atoms with Gasteiger partial charge in [0.25, 0.3) is 0 Å². The van der Waals surface area contributed by atoms with Crippen LogP contribution in [0.3, 0.4) is 0 Å². The number of pyridine rings is 6. The fraction of sp³-hybridized carbons (Fsp3) is 0.194. The summed E-state index contributed by atoms with van der Waals surface area (Å²) in [6.45, 7) is 40.1. The Balaban J connectivity index is 0.0000000988. The number of para-hydroxylation sites is 10. The molecule has 0 saturated carbocycles. The van der Waals surface area contributed by atoms with Gasteiger partial charge in [-0.05, 0) is 186 Å². The lowest BCUT2D eigenvalue weighted by Gasteiger charge is -2.21. The van der Waals surface area contributed by atoms with Crippen molar-refractivity contribution in [3.05, 3.63) is 386 Å². The van der Waals surface area contributed by atoms with Gasteiger partial charge >= 0.3 is 0 Å². The van der Waals surface area contributed by atoms with Crippen molar-refractivity contribution < 1.29 is 0 Å². The number of nitrogens with zero attached hydrogens (tertiary/aromatic N) is 12. The van der Waals surface area contributed by atoms with Crippen molar-refractivity contribution >= 4 is 197 Å². The molecule has 0 bridgehead atoms. The van der Waals surface area contributed by atoms with Crippen LogP contribution in [0.25, 0.3) is 197 Å². The van der Waals surface area contributed by atoms with Crippen LogP contribution in [0.2, 0.25) is 0 Å². The molecule has 0 atom stereocenters. The zero-order valence-corrected chi connectivity index (χ0v) is 80.9. The smallest absolute Gasteiger partial charge is 0.146 e. The average molecular weight is 1770 g/mol. The Kier molecular flexibility index (Phi) is 21.4. The van der Waals surface area contributed by atoms with E-state index in [1.165, 1.54) is 125 Å². The molecule has 0 aliphatic heterocycles. The number of fused-ring (bicyclic) bond motifs is 38. The minimum Gasteiger partial charge on any atom is -0.292 e. The maximum Gasteiger partial charge on any atom is 0.146 e. The van der Waals surface area contributed by atoms with Crippen molar-refractivity contribution in [3.63, 3.8) is 0 Å². The largest absolute Gasteiger partial charge is 0.292 e. The summed E-state index contributed by atoms with van der Waals surface area (Å²) in [7, 11) is 0. The molecule has 15 aromatic carbocycles. The first-order valence-corrected chi connectivity index (χ1v) is 47.5. The van der Waals surface area contributed by atoms with E-state index >= 15 is 0 Å². The quantitative estimate of drug-likeness (QED) is 0.138. The number of hydrogen-bond acceptors (Lipinski definition) is 8. The first kappa shape index (κ1) is 87.3. The van der Waals surface area contributed by atoms with Crippen LogP contribution in [0.15, 0.2) is 352 Å². The molecule has 11 heterocycles. The highest BCUT2D eigenvalue weighted by molar-refractivity contribution is 6.25. The molecule has 0 spiro atoms. The van der Waals surface area contributed by atoms with Crippen LogP contribution >= 0.6 is 0 Å². The summed E-state index contributed by atoms with van der Waals surface area (Å²) in [5.41, 5.74) is 27.9. The van der Waals surface area contributed by atoms with E-state index < -0.39 is 0 Å². The zero-order chi connectivity index (χ0) is 94.2. The Morgan fingerprint density at radius 3 is 1.08 bits per heavy atom. The lowest BCUT2D eigenvalue weighted by atomic mass is 9.85. The van der Waals surface area contributed by atoms with E-state index in [1.807, 2.05) is 42.7 Å². The topological polar surface area (TPSA) is 121 Å². The summed E-state index contributed by atoms with van der Waals surface area (Å²) in [4.78, 5) is 38.1. The number of rotatable bonds is 0. The molecule has 0 unspecified atom stereocenters. The number of benzene rings is 15. The molecular formula is C124H112N12. The summed E-state index contributed by atoms with van der Waals surface area (Å²) < 4.78 is 9.25. The molecule has 12 heteroatoms. The third-order valence-electron chi connectivity index (χ3n) is 26.8. The molecule has 0 aliphatic carbocycles. The zero-order valence-electron chi connectivity index (χ0n) is 80.9. The van der Waals surface area contributed by atoms with Crippen molar-refractivity contribution in [2.24, 2.45) is 0 Å². The standard InChI is InChI=1S/C27H22N2.3C23H20N2.C16H16N2.C12H14N2/c1-27(2,3)18-13-15-23-21(16-18)25-19-9-5-4-8-17(19)12-14-20(25)26-28-22-10-6-7-11-24(22)29(23)26;1-23(2,3)15-12-13-16-17-8-4-6-10-20(17)25-21-11-7-5-9-19(21)24-22(25)18(16)14-15;1-23(2,3)15-12-13-17-18(14-15)16-8-4-6-10-20(16)25-21-11-7-5-9-19(21)24-22(17)25;1-23(2,3)15-12-13-19-21(14-15)25-20-11-7-6-9-17(20)16-8-4-5-10-18(16)22(25)24-19;1-16(2,3)13-9-8-12-7-6-11-5-4-10-17-14(11)15(12)18-13;1-12(2,3)11-13-8-9-6-4-5-7-10(9)14-11/h4-16H,1-3H3;3*4-14H,1-3H3;4-10H,1-3H3;4-8H,1-3H3. The van der Waals surface area contributed by atoms with Crippen molar-refractivity contribution in [1.82, 2.24) is 57.5 Å². The Bertz CT molecular complexity index is 9260. The molecule has 668 valence electrons. The van der Waals surface area contributed by atoms with Gasteiger partial charge in [-0.2, -0.15) is 0 Å². The molecule has 0 aliphatic rings. The van der Waals surface area contributed by atoms with Crippen molar-refractivity contribution in [2.45, 2.75) is 157 Å². The van der Waals surface area contributed by atoms with Crippen molar-refractivity contribution in [3.8, 4) is 0 Å². The molecular weight excluding hydrogens is 1660 g/mol. The molecule has 0 fully saturated rings. The van der Waals surface area contributed by atoms with E-state index in [1.54, 1.807) is 0 Å². The van der Waals surface area contributed by atoms with Gasteiger partial charge in [-0.25, -0.2) is 34.9 Å². The van der Waals surface area contributed by atoms with Gasteiger partial charge in [0.15, 0.2) is 0 Å². The van der Waals surface area contributed by atoms with E-state index in [2.05, 4.69) is 467 Å². The van der Waals surface area contributed by atoms with Gasteiger partial charge in [0, 0.05) is 93.6 Å². The van der Waals surface area contributed by atoms with E-state index in [0.717, 1.165) is 105 Å². The Hall–Kier alpha value is -15.4. The van der Waals surface area contributed by atoms with Gasteiger partial charge in [-0.1, -0.05) is 349 Å². The minimum atomic E-state index is 0.0179. The first-order chi connectivity index (χ1) is 65.3. The molecule has 11 aromatic heterocycles. The van der Waals surface area contributed by atoms with Gasteiger partial charge in [-0.15, -0.1) is 0 Å². The molecule has 26 aromatic rings. The van der Waals surface area contributed by atoms with Gasteiger partial charge in [0.2, 0.25) is 0 Å². The average Bonchev–Trinajstić information content (AvgIpc) is 1.47. The molecule has 12 nitrogen and oxygen atoms in total. The highest BCUT2D eigenvalue weighted by Crippen LogP contribution is 2.43. The maximum absolute atomic E-state index is 5.03. The molecule has 26 rings (SSSR count). The lowest BCUT2D eigenvalue weighted by molar-refractivity contribution is 0.548.